The Bertz CT molecular complexity index is 233. The minimum atomic E-state index is -6.98. The quantitative estimate of drug-likeness (QED) is 0.564. The van der Waals surface area contributed by atoms with Crippen molar-refractivity contribution in [1.29, 1.82) is 0 Å². The Hall–Kier alpha value is -0.780. The van der Waals surface area contributed by atoms with Crippen molar-refractivity contribution < 1.29 is 49.0 Å². The molecule has 0 heterocycles. The molecule has 98 valence electrons. The van der Waals surface area contributed by atoms with E-state index in [1.54, 1.807) is 0 Å². The van der Waals surface area contributed by atoms with E-state index in [2.05, 4.69) is 0 Å². The van der Waals surface area contributed by atoms with Gasteiger partial charge in [0.25, 0.3) is 6.11 Å². The molecule has 0 unspecified atom stereocenters. The molecule has 0 aliphatic carbocycles. The Kier molecular flexibility index (Phi) is 3.44. The van der Waals surface area contributed by atoms with E-state index in [0.29, 0.717) is 0 Å². The molecule has 0 saturated carbocycles. The van der Waals surface area contributed by atoms with Gasteiger partial charge in [-0.3, -0.25) is 0 Å². The second kappa shape index (κ2) is 3.61. The monoisotopic (exact) mass is 268 g/mol. The van der Waals surface area contributed by atoms with Gasteiger partial charge >= 0.3 is 18.6 Å². The van der Waals surface area contributed by atoms with Crippen molar-refractivity contribution in [2.75, 3.05) is 0 Å². The number of alkyl halides is 10. The van der Waals surface area contributed by atoms with Crippen molar-refractivity contribution in [2.45, 2.75) is 24.8 Å². The minimum Gasteiger partial charge on any atom is -0.792 e. The molecule has 0 spiro atoms. The molecule has 12 heteroatoms. The summed E-state index contributed by atoms with van der Waals surface area (Å²) in [7, 11) is 0. The smallest absolute Gasteiger partial charge is 0.472 e. The van der Waals surface area contributed by atoms with Gasteiger partial charge < -0.3 is 5.11 Å². The summed E-state index contributed by atoms with van der Waals surface area (Å²) in [5, 5.41) is 9.34. The first kappa shape index (κ1) is 15.2. The number of hydrogen-bond donors (Lipinski definition) is 0. The number of halogens is 10. The first-order valence-corrected chi connectivity index (χ1v) is 3.01. The largest absolute Gasteiger partial charge is 0.792 e. The van der Waals surface area contributed by atoms with Crippen LogP contribution in [0.25, 0.3) is 0 Å². The van der Waals surface area contributed by atoms with Gasteiger partial charge in [0, 0.05) is 0 Å². The van der Waals surface area contributed by atoms with Gasteiger partial charge in [-0.15, -0.1) is 0 Å². The third-order valence-electron chi connectivity index (χ3n) is 1.14. The fourth-order valence-corrected chi connectivity index (χ4v) is 0.592. The first-order valence-electron chi connectivity index (χ1n) is 3.01. The second-order valence-corrected chi connectivity index (χ2v) is 2.33. The molecule has 0 radical (unpaired) electrons. The fraction of sp³-hybridized carbons (Fsp3) is 1.00. The number of nitrogens with zero attached hydrogens (tertiary/aromatic N) is 1. The van der Waals surface area contributed by atoms with Crippen molar-refractivity contribution in [1.82, 2.24) is 4.90 Å². The summed E-state index contributed by atoms with van der Waals surface area (Å²) in [4.78, 5) is -3.75. The highest BCUT2D eigenvalue weighted by molar-refractivity contribution is 4.79. The number of hydrogen-bond acceptors (Lipinski definition) is 2. The summed E-state index contributed by atoms with van der Waals surface area (Å²) in [6.07, 6.45) is -20.5. The first-order chi connectivity index (χ1) is 6.62. The van der Waals surface area contributed by atoms with Crippen LogP contribution in [0.4, 0.5) is 43.9 Å². The summed E-state index contributed by atoms with van der Waals surface area (Å²) < 4.78 is 116. The van der Waals surface area contributed by atoms with Crippen molar-refractivity contribution in [3.8, 4) is 0 Å². The average Bonchev–Trinajstić information content (AvgIpc) is 1.72. The predicted octanol–water partition coefficient (Wildman–Crippen LogP) is 1.87. The standard InChI is InChI=1S/C4F10NO/c5-1(6,2(7,8)16)15(3(9,10)11)4(12,13)14/q-1. The van der Waals surface area contributed by atoms with E-state index in [-0.39, 0.29) is 0 Å². The Balaban J connectivity index is 5.57. The molecule has 0 atom stereocenters. The summed E-state index contributed by atoms with van der Waals surface area (Å²) >= 11 is 0. The van der Waals surface area contributed by atoms with Gasteiger partial charge in [0.2, 0.25) is 0 Å². The molecule has 0 saturated heterocycles. The second-order valence-electron chi connectivity index (χ2n) is 2.33. The lowest BCUT2D eigenvalue weighted by Crippen LogP contribution is -2.68. The molecule has 0 fully saturated rings. The van der Waals surface area contributed by atoms with E-state index in [0.717, 1.165) is 0 Å². The molecular weight excluding hydrogens is 268 g/mol. The van der Waals surface area contributed by atoms with Crippen molar-refractivity contribution >= 4 is 0 Å². The molecule has 16 heavy (non-hydrogen) atoms. The van der Waals surface area contributed by atoms with Crippen molar-refractivity contribution in [3.05, 3.63) is 0 Å². The van der Waals surface area contributed by atoms with E-state index in [1.165, 1.54) is 0 Å². The van der Waals surface area contributed by atoms with E-state index < -0.39 is 29.7 Å². The lowest BCUT2D eigenvalue weighted by molar-refractivity contribution is -0.645. The zero-order valence-electron chi connectivity index (χ0n) is 6.64. The van der Waals surface area contributed by atoms with Crippen LogP contribution in [0.1, 0.15) is 0 Å². The van der Waals surface area contributed by atoms with Gasteiger partial charge in [0.05, 0.1) is 0 Å². The molecule has 0 rings (SSSR count). The van der Waals surface area contributed by atoms with Crippen molar-refractivity contribution in [2.24, 2.45) is 0 Å². The molecule has 2 nitrogen and oxygen atoms in total. The molecule has 0 amide bonds. The average molecular weight is 268 g/mol. The lowest BCUT2D eigenvalue weighted by Gasteiger charge is -2.39. The highest BCUT2D eigenvalue weighted by atomic mass is 19.4. The maximum atomic E-state index is 12.0. The van der Waals surface area contributed by atoms with Crippen LogP contribution < -0.4 is 5.11 Å². The topological polar surface area (TPSA) is 26.3 Å². The Morgan fingerprint density at radius 2 is 0.875 bits per heavy atom. The Morgan fingerprint density at radius 3 is 0.938 bits per heavy atom. The van der Waals surface area contributed by atoms with E-state index in [9.17, 15) is 49.0 Å². The molecule has 0 aliphatic heterocycles. The Labute approximate surface area is 80.0 Å². The van der Waals surface area contributed by atoms with Crippen LogP contribution in [0.3, 0.4) is 0 Å². The van der Waals surface area contributed by atoms with E-state index >= 15 is 0 Å². The summed E-state index contributed by atoms with van der Waals surface area (Å²) in [6.45, 7) is 0. The molecule has 0 aliphatic rings. The van der Waals surface area contributed by atoms with Crippen LogP contribution >= 0.6 is 0 Å². The predicted molar refractivity (Wildman–Crippen MR) is 23.8 cm³/mol. The zero-order chi connectivity index (χ0) is 13.6. The molecule has 0 N–H and O–H groups in total. The molecule has 0 aromatic rings. The molecular formula is C4F10NO-. The van der Waals surface area contributed by atoms with Gasteiger partial charge in [0.15, 0.2) is 0 Å². The Morgan fingerprint density at radius 1 is 0.625 bits per heavy atom. The maximum Gasteiger partial charge on any atom is 0.472 e. The van der Waals surface area contributed by atoms with Crippen LogP contribution in [0, 0.1) is 0 Å². The normalized spacial score (nSPS) is 15.8. The minimum absolute atomic E-state index is 3.75. The van der Waals surface area contributed by atoms with Crippen molar-refractivity contribution in [3.63, 3.8) is 0 Å². The summed E-state index contributed by atoms with van der Waals surface area (Å²) in [5.74, 6) is 0. The SMILES string of the molecule is [O-]C(F)(F)C(F)(F)N(C(F)(F)F)C(F)(F)F. The highest BCUT2D eigenvalue weighted by Gasteiger charge is 2.71. The van der Waals surface area contributed by atoms with Crippen LogP contribution in [0.15, 0.2) is 0 Å². The lowest BCUT2D eigenvalue weighted by atomic mass is 10.4. The van der Waals surface area contributed by atoms with Gasteiger partial charge in [-0.05, 0) is 0 Å². The maximum absolute atomic E-state index is 12.0. The van der Waals surface area contributed by atoms with Crippen LogP contribution in [-0.4, -0.2) is 29.7 Å². The van der Waals surface area contributed by atoms with Crippen LogP contribution in [0.5, 0.6) is 0 Å². The highest BCUT2D eigenvalue weighted by Crippen LogP contribution is 2.46. The molecule has 0 aromatic carbocycles. The summed E-state index contributed by atoms with van der Waals surface area (Å²) in [5.41, 5.74) is 0. The van der Waals surface area contributed by atoms with Gasteiger partial charge in [0.1, 0.15) is 0 Å². The van der Waals surface area contributed by atoms with Gasteiger partial charge in [-0.1, -0.05) is 4.90 Å². The zero-order valence-corrected chi connectivity index (χ0v) is 6.64. The molecule has 0 aromatic heterocycles. The van der Waals surface area contributed by atoms with Gasteiger partial charge in [-0.25, -0.2) is 8.78 Å². The van der Waals surface area contributed by atoms with Gasteiger partial charge in [-0.2, -0.15) is 35.1 Å². The van der Waals surface area contributed by atoms with Crippen LogP contribution in [-0.2, 0) is 0 Å². The fourth-order valence-electron chi connectivity index (χ4n) is 0.592. The number of rotatable bonds is 2. The third kappa shape index (κ3) is 2.87. The molecule has 0 bridgehead atoms. The van der Waals surface area contributed by atoms with E-state index in [4.69, 9.17) is 0 Å². The van der Waals surface area contributed by atoms with E-state index in [1.807, 2.05) is 0 Å². The third-order valence-corrected chi connectivity index (χ3v) is 1.14. The van der Waals surface area contributed by atoms with Crippen LogP contribution in [0.2, 0.25) is 0 Å². The summed E-state index contributed by atoms with van der Waals surface area (Å²) in [6, 6.07) is -6.98.